The maximum absolute atomic E-state index is 6.29. The molecule has 0 saturated carbocycles. The fourth-order valence-corrected chi connectivity index (χ4v) is 6.18. The molecule has 6 aromatic carbocycles. The number of para-hydroxylation sites is 2. The number of nitrogen functional groups attached to an aromatic ring is 2. The van der Waals surface area contributed by atoms with Gasteiger partial charge in [-0.05, 0) is 71.4 Å². The van der Waals surface area contributed by atoms with E-state index in [0.29, 0.717) is 0 Å². The van der Waals surface area contributed by atoms with E-state index in [4.69, 9.17) is 11.5 Å². The summed E-state index contributed by atoms with van der Waals surface area (Å²) >= 11 is 0. The van der Waals surface area contributed by atoms with Crippen molar-refractivity contribution in [3.05, 3.63) is 121 Å². The van der Waals surface area contributed by atoms with Gasteiger partial charge in [0.05, 0.1) is 22.1 Å². The van der Waals surface area contributed by atoms with Crippen LogP contribution in [0.4, 0.5) is 11.4 Å². The van der Waals surface area contributed by atoms with Crippen molar-refractivity contribution in [1.29, 1.82) is 0 Å². The molecule has 4 N–H and O–H groups in total. The van der Waals surface area contributed by atoms with Crippen LogP contribution in [0.25, 0.3) is 65.8 Å². The fourth-order valence-electron chi connectivity index (χ4n) is 6.18. The summed E-state index contributed by atoms with van der Waals surface area (Å²) in [5.74, 6) is 0. The van der Waals surface area contributed by atoms with Gasteiger partial charge in [-0.25, -0.2) is 0 Å². The van der Waals surface area contributed by atoms with Crippen LogP contribution in [0.3, 0.4) is 0 Å². The van der Waals surface area contributed by atoms with Gasteiger partial charge in [0.15, 0.2) is 0 Å². The second-order valence-electron chi connectivity index (χ2n) is 9.91. The normalized spacial score (nSPS) is 11.9. The maximum atomic E-state index is 6.29. The molecule has 0 saturated heterocycles. The first-order chi connectivity index (χ1) is 18.7. The van der Waals surface area contributed by atoms with Gasteiger partial charge in [-0.1, -0.05) is 60.7 Å². The first-order valence-electron chi connectivity index (χ1n) is 12.8. The van der Waals surface area contributed by atoms with Crippen LogP contribution >= 0.6 is 0 Å². The van der Waals surface area contributed by atoms with Crippen molar-refractivity contribution in [2.75, 3.05) is 11.5 Å². The molecule has 0 atom stereocenters. The molecule has 4 heteroatoms. The molecule has 0 radical (unpaired) electrons. The third-order valence-electron chi connectivity index (χ3n) is 7.73. The zero-order valence-corrected chi connectivity index (χ0v) is 20.6. The zero-order chi connectivity index (χ0) is 25.4. The van der Waals surface area contributed by atoms with Crippen molar-refractivity contribution < 1.29 is 0 Å². The molecule has 2 heterocycles. The van der Waals surface area contributed by atoms with Crippen molar-refractivity contribution in [3.8, 4) is 11.4 Å². The highest BCUT2D eigenvalue weighted by molar-refractivity contribution is 6.29. The molecule has 8 rings (SSSR count). The highest BCUT2D eigenvalue weighted by atomic mass is 15.0. The summed E-state index contributed by atoms with van der Waals surface area (Å²) in [6.07, 6.45) is 0. The lowest BCUT2D eigenvalue weighted by Crippen LogP contribution is -1.94. The van der Waals surface area contributed by atoms with Gasteiger partial charge in [0.1, 0.15) is 0 Å². The third-order valence-corrected chi connectivity index (χ3v) is 7.73. The Bertz CT molecular complexity index is 2030. The number of hydrogen-bond donors (Lipinski definition) is 2. The first-order valence-corrected chi connectivity index (χ1v) is 12.8. The zero-order valence-electron chi connectivity index (χ0n) is 20.6. The molecule has 4 nitrogen and oxygen atoms in total. The van der Waals surface area contributed by atoms with Crippen molar-refractivity contribution in [2.24, 2.45) is 0 Å². The van der Waals surface area contributed by atoms with Crippen LogP contribution in [0, 0.1) is 0 Å². The number of fused-ring (bicyclic) bond motifs is 9. The minimum Gasteiger partial charge on any atom is -0.399 e. The van der Waals surface area contributed by atoms with Crippen LogP contribution in [0.2, 0.25) is 0 Å². The van der Waals surface area contributed by atoms with Crippen LogP contribution in [0.5, 0.6) is 0 Å². The second-order valence-corrected chi connectivity index (χ2v) is 9.91. The average molecular weight is 489 g/mol. The van der Waals surface area contributed by atoms with E-state index in [0.717, 1.165) is 33.8 Å². The van der Waals surface area contributed by atoms with Crippen LogP contribution < -0.4 is 11.5 Å². The Labute approximate surface area is 218 Å². The lowest BCUT2D eigenvalue weighted by atomic mass is 9.99. The van der Waals surface area contributed by atoms with Gasteiger partial charge in [0, 0.05) is 44.3 Å². The van der Waals surface area contributed by atoms with Gasteiger partial charge >= 0.3 is 0 Å². The Morgan fingerprint density at radius 1 is 0.368 bits per heavy atom. The number of hydrogen-bond acceptors (Lipinski definition) is 2. The lowest BCUT2D eigenvalue weighted by molar-refractivity contribution is 1.18. The average Bonchev–Trinajstić information content (AvgIpc) is 3.45. The molecule has 0 amide bonds. The van der Waals surface area contributed by atoms with E-state index in [2.05, 4.69) is 106 Å². The molecule has 0 aliphatic heterocycles. The molecule has 0 fully saturated rings. The minimum absolute atomic E-state index is 0.757. The Kier molecular flexibility index (Phi) is 4.21. The Hall–Kier alpha value is -5.22. The van der Waals surface area contributed by atoms with Crippen LogP contribution in [-0.4, -0.2) is 9.13 Å². The predicted molar refractivity (Wildman–Crippen MR) is 161 cm³/mol. The maximum Gasteiger partial charge on any atom is 0.0561 e. The summed E-state index contributed by atoms with van der Waals surface area (Å²) in [6, 6.07) is 42.5. The van der Waals surface area contributed by atoms with Gasteiger partial charge in [0.25, 0.3) is 0 Å². The molecule has 0 unspecified atom stereocenters. The summed E-state index contributed by atoms with van der Waals surface area (Å²) in [6.45, 7) is 0. The number of nitrogens with two attached hydrogens (primary N) is 2. The Balaban J connectivity index is 1.57. The van der Waals surface area contributed by atoms with Crippen molar-refractivity contribution >= 4 is 65.8 Å². The second kappa shape index (κ2) is 7.64. The topological polar surface area (TPSA) is 61.9 Å². The molecule has 0 aliphatic rings. The monoisotopic (exact) mass is 488 g/mol. The highest BCUT2D eigenvalue weighted by Gasteiger charge is 2.19. The van der Waals surface area contributed by atoms with Gasteiger partial charge in [-0.3, -0.25) is 0 Å². The summed E-state index contributed by atoms with van der Waals surface area (Å²) < 4.78 is 4.64. The van der Waals surface area contributed by atoms with E-state index >= 15 is 0 Å². The number of nitrogens with zero attached hydrogens (tertiary/aromatic N) is 2. The van der Waals surface area contributed by atoms with Crippen molar-refractivity contribution in [1.82, 2.24) is 9.13 Å². The quantitative estimate of drug-likeness (QED) is 0.241. The number of aromatic nitrogens is 2. The lowest BCUT2D eigenvalue weighted by Gasteiger charge is -2.10. The molecular weight excluding hydrogens is 464 g/mol. The van der Waals surface area contributed by atoms with E-state index in [-0.39, 0.29) is 0 Å². The molecule has 0 spiro atoms. The van der Waals surface area contributed by atoms with E-state index < -0.39 is 0 Å². The van der Waals surface area contributed by atoms with Gasteiger partial charge in [-0.2, -0.15) is 0 Å². The van der Waals surface area contributed by atoms with Crippen LogP contribution in [0.1, 0.15) is 0 Å². The first kappa shape index (κ1) is 20.9. The Morgan fingerprint density at radius 3 is 1.18 bits per heavy atom. The van der Waals surface area contributed by atoms with Crippen LogP contribution in [-0.2, 0) is 0 Å². The molecular formula is C34H24N4. The number of anilines is 2. The molecule has 180 valence electrons. The largest absolute Gasteiger partial charge is 0.399 e. The van der Waals surface area contributed by atoms with E-state index in [9.17, 15) is 0 Å². The standard InChI is InChI=1S/C34H24N4/c35-21-11-13-27-31(19-21)37(23-7-3-1-4-8-23)29-17-15-26-25(33(27)29)16-18-30-34(26)28-14-12-22(36)20-32(28)38(30)24-9-5-2-6-10-24/h1-20H,35-36H2. The summed E-state index contributed by atoms with van der Waals surface area (Å²) in [5, 5.41) is 7.31. The summed E-state index contributed by atoms with van der Waals surface area (Å²) in [4.78, 5) is 0. The molecule has 8 aromatic rings. The molecule has 0 aliphatic carbocycles. The van der Waals surface area contributed by atoms with E-state index in [1.54, 1.807) is 0 Å². The summed E-state index contributed by atoms with van der Waals surface area (Å²) in [7, 11) is 0. The summed E-state index contributed by atoms with van der Waals surface area (Å²) in [5.41, 5.74) is 20.9. The molecule has 0 bridgehead atoms. The predicted octanol–water partition coefficient (Wildman–Crippen LogP) is 8.20. The van der Waals surface area contributed by atoms with E-state index in [1.165, 1.54) is 43.4 Å². The van der Waals surface area contributed by atoms with Crippen molar-refractivity contribution in [3.63, 3.8) is 0 Å². The SMILES string of the molecule is Nc1ccc2c3c4ccc5c(c4ccc3n(-c3ccccc3)c2c1)c1ccc(N)cc1n5-c1ccccc1. The smallest absolute Gasteiger partial charge is 0.0561 e. The Morgan fingerprint density at radius 2 is 0.763 bits per heavy atom. The minimum atomic E-state index is 0.757. The van der Waals surface area contributed by atoms with Gasteiger partial charge in [-0.15, -0.1) is 0 Å². The highest BCUT2D eigenvalue weighted by Crippen LogP contribution is 2.43. The molecule has 2 aromatic heterocycles. The van der Waals surface area contributed by atoms with Crippen molar-refractivity contribution in [2.45, 2.75) is 0 Å². The van der Waals surface area contributed by atoms with E-state index in [1.807, 2.05) is 24.3 Å². The van der Waals surface area contributed by atoms with Gasteiger partial charge in [0.2, 0.25) is 0 Å². The number of benzene rings is 6. The number of rotatable bonds is 2. The third kappa shape index (κ3) is 2.80. The van der Waals surface area contributed by atoms with Crippen LogP contribution in [0.15, 0.2) is 121 Å². The molecule has 38 heavy (non-hydrogen) atoms. The van der Waals surface area contributed by atoms with Gasteiger partial charge < -0.3 is 20.6 Å². The fraction of sp³-hybridized carbons (Fsp3) is 0.